The second-order valence-electron chi connectivity index (χ2n) is 4.01. The van der Waals surface area contributed by atoms with E-state index in [2.05, 4.69) is 21.2 Å². The lowest BCUT2D eigenvalue weighted by Gasteiger charge is -2.06. The van der Waals surface area contributed by atoms with Gasteiger partial charge >= 0.3 is 0 Å². The number of nitro benzene ring substituents is 1. The van der Waals surface area contributed by atoms with Gasteiger partial charge in [-0.25, -0.2) is 0 Å². The van der Waals surface area contributed by atoms with Crippen LogP contribution in [0.3, 0.4) is 0 Å². The summed E-state index contributed by atoms with van der Waals surface area (Å²) in [5.74, 6) is 0.758. The van der Waals surface area contributed by atoms with Crippen molar-refractivity contribution in [1.82, 2.24) is 0 Å². The normalized spacial score (nSPS) is 10.4. The van der Waals surface area contributed by atoms with Crippen molar-refractivity contribution in [3.63, 3.8) is 0 Å². The number of benzene rings is 1. The number of halogens is 1. The van der Waals surface area contributed by atoms with E-state index in [1.54, 1.807) is 18.2 Å². The summed E-state index contributed by atoms with van der Waals surface area (Å²) in [6, 6.07) is 8.81. The number of rotatable bonds is 5. The Balaban J connectivity index is 2.12. The lowest BCUT2D eigenvalue weighted by molar-refractivity contribution is -0.385. The summed E-state index contributed by atoms with van der Waals surface area (Å²) in [4.78, 5) is 10.6. The first kappa shape index (κ1) is 13.6. The summed E-state index contributed by atoms with van der Waals surface area (Å²) in [6.45, 7) is 2.38. The molecule has 0 saturated carbocycles. The summed E-state index contributed by atoms with van der Waals surface area (Å²) in [5.41, 5.74) is 1.58. The minimum atomic E-state index is -0.354. The van der Waals surface area contributed by atoms with Gasteiger partial charge in [0.2, 0.25) is 0 Å². The van der Waals surface area contributed by atoms with Crippen LogP contribution in [0.25, 0.3) is 0 Å². The minimum Gasteiger partial charge on any atom is -0.452 e. The van der Waals surface area contributed by atoms with Gasteiger partial charge in [0.05, 0.1) is 11.5 Å². The predicted molar refractivity (Wildman–Crippen MR) is 76.2 cm³/mol. The first-order chi connectivity index (χ1) is 9.10. The SMILES string of the molecule is CCc1ccc(NCc2ccc(Br)o2)cc1[N+](=O)[O-]. The number of furan rings is 1. The molecule has 0 radical (unpaired) electrons. The second-order valence-corrected chi connectivity index (χ2v) is 4.80. The van der Waals surface area contributed by atoms with E-state index in [0.717, 1.165) is 11.3 Å². The van der Waals surface area contributed by atoms with Crippen LogP contribution in [0.2, 0.25) is 0 Å². The van der Waals surface area contributed by atoms with Crippen LogP contribution < -0.4 is 5.32 Å². The monoisotopic (exact) mass is 324 g/mol. The van der Waals surface area contributed by atoms with Gasteiger partial charge in [0, 0.05) is 17.3 Å². The molecule has 1 heterocycles. The summed E-state index contributed by atoms with van der Waals surface area (Å²) >= 11 is 3.22. The third-order valence-corrected chi connectivity index (χ3v) is 3.18. The summed E-state index contributed by atoms with van der Waals surface area (Å²) < 4.78 is 6.01. The fraction of sp³-hybridized carbons (Fsp3) is 0.231. The van der Waals surface area contributed by atoms with Crippen LogP contribution >= 0.6 is 15.9 Å². The molecular weight excluding hydrogens is 312 g/mol. The molecule has 0 spiro atoms. The quantitative estimate of drug-likeness (QED) is 0.663. The van der Waals surface area contributed by atoms with Crippen molar-refractivity contribution in [2.24, 2.45) is 0 Å². The van der Waals surface area contributed by atoms with Gasteiger partial charge in [-0.05, 0) is 40.5 Å². The molecule has 2 aromatic rings. The second kappa shape index (κ2) is 5.88. The zero-order valence-electron chi connectivity index (χ0n) is 10.4. The molecule has 0 atom stereocenters. The number of anilines is 1. The van der Waals surface area contributed by atoms with Crippen molar-refractivity contribution in [3.8, 4) is 0 Å². The van der Waals surface area contributed by atoms with Gasteiger partial charge in [0.25, 0.3) is 5.69 Å². The molecule has 5 nitrogen and oxygen atoms in total. The average Bonchev–Trinajstić information content (AvgIpc) is 2.81. The molecule has 100 valence electrons. The fourth-order valence-electron chi connectivity index (χ4n) is 1.78. The van der Waals surface area contributed by atoms with Crippen molar-refractivity contribution in [1.29, 1.82) is 0 Å². The van der Waals surface area contributed by atoms with E-state index in [1.807, 2.05) is 19.1 Å². The first-order valence-corrected chi connectivity index (χ1v) is 6.65. The van der Waals surface area contributed by atoms with Gasteiger partial charge in [-0.2, -0.15) is 0 Å². The number of aryl methyl sites for hydroxylation is 1. The Labute approximate surface area is 118 Å². The maximum atomic E-state index is 11.0. The molecule has 1 N–H and O–H groups in total. The number of nitrogens with zero attached hydrogens (tertiary/aromatic N) is 1. The van der Waals surface area contributed by atoms with Crippen LogP contribution in [0.5, 0.6) is 0 Å². The van der Waals surface area contributed by atoms with Crippen molar-refractivity contribution < 1.29 is 9.34 Å². The Bertz CT molecular complexity index is 595. The van der Waals surface area contributed by atoms with Crippen molar-refractivity contribution in [3.05, 3.63) is 56.4 Å². The molecule has 1 aromatic heterocycles. The molecule has 0 aliphatic rings. The molecule has 2 rings (SSSR count). The number of hydrogen-bond donors (Lipinski definition) is 1. The molecular formula is C13H13BrN2O3. The van der Waals surface area contributed by atoms with Gasteiger partial charge in [-0.3, -0.25) is 10.1 Å². The zero-order chi connectivity index (χ0) is 13.8. The van der Waals surface area contributed by atoms with Crippen molar-refractivity contribution >= 4 is 27.3 Å². The molecule has 0 aliphatic carbocycles. The minimum absolute atomic E-state index is 0.146. The maximum absolute atomic E-state index is 11.0. The Morgan fingerprint density at radius 3 is 2.74 bits per heavy atom. The third-order valence-electron chi connectivity index (χ3n) is 2.76. The van der Waals surface area contributed by atoms with Gasteiger partial charge in [0.1, 0.15) is 5.76 Å². The topological polar surface area (TPSA) is 68.3 Å². The van der Waals surface area contributed by atoms with E-state index in [-0.39, 0.29) is 10.6 Å². The largest absolute Gasteiger partial charge is 0.452 e. The van der Waals surface area contributed by atoms with Crippen LogP contribution in [0.1, 0.15) is 18.2 Å². The molecule has 1 aromatic carbocycles. The first-order valence-electron chi connectivity index (χ1n) is 5.85. The van der Waals surface area contributed by atoms with Crippen LogP contribution in [-0.2, 0) is 13.0 Å². The average molecular weight is 325 g/mol. The summed E-state index contributed by atoms with van der Waals surface area (Å²) in [7, 11) is 0. The Morgan fingerprint density at radius 2 is 2.16 bits per heavy atom. The molecule has 0 saturated heterocycles. The molecule has 0 fully saturated rings. The molecule has 0 bridgehead atoms. The highest BCUT2D eigenvalue weighted by atomic mass is 79.9. The standard InChI is InChI=1S/C13H13BrN2O3/c1-2-9-3-4-10(7-12(9)16(17)18)15-8-11-5-6-13(14)19-11/h3-7,15H,2,8H2,1H3. The highest BCUT2D eigenvalue weighted by Gasteiger charge is 2.13. The summed E-state index contributed by atoms with van der Waals surface area (Å²) in [5, 5.41) is 14.1. The highest BCUT2D eigenvalue weighted by Crippen LogP contribution is 2.24. The smallest absolute Gasteiger partial charge is 0.274 e. The van der Waals surface area contributed by atoms with Crippen LogP contribution in [0, 0.1) is 10.1 Å². The third kappa shape index (κ3) is 3.35. The predicted octanol–water partition coefficient (Wildman–Crippen LogP) is 4.12. The van der Waals surface area contributed by atoms with Crippen molar-refractivity contribution in [2.45, 2.75) is 19.9 Å². The maximum Gasteiger partial charge on any atom is 0.274 e. The zero-order valence-corrected chi connectivity index (χ0v) is 11.9. The summed E-state index contributed by atoms with van der Waals surface area (Å²) in [6.07, 6.45) is 0.641. The van der Waals surface area contributed by atoms with Crippen LogP contribution in [0.4, 0.5) is 11.4 Å². The van der Waals surface area contributed by atoms with E-state index in [0.29, 0.717) is 23.3 Å². The Morgan fingerprint density at radius 1 is 1.37 bits per heavy atom. The highest BCUT2D eigenvalue weighted by molar-refractivity contribution is 9.10. The van der Waals surface area contributed by atoms with Crippen LogP contribution in [-0.4, -0.2) is 4.92 Å². The number of hydrogen-bond acceptors (Lipinski definition) is 4. The van der Waals surface area contributed by atoms with Gasteiger partial charge in [-0.15, -0.1) is 0 Å². The Hall–Kier alpha value is -1.82. The van der Waals surface area contributed by atoms with E-state index in [4.69, 9.17) is 4.42 Å². The molecule has 0 amide bonds. The van der Waals surface area contributed by atoms with Gasteiger partial charge in [-0.1, -0.05) is 13.0 Å². The molecule has 0 unspecified atom stereocenters. The molecule has 6 heteroatoms. The lowest BCUT2D eigenvalue weighted by atomic mass is 10.1. The van der Waals surface area contributed by atoms with E-state index in [9.17, 15) is 10.1 Å². The van der Waals surface area contributed by atoms with E-state index >= 15 is 0 Å². The molecule has 0 aliphatic heterocycles. The fourth-order valence-corrected chi connectivity index (χ4v) is 2.12. The Kier molecular flexibility index (Phi) is 4.21. The van der Waals surface area contributed by atoms with Crippen molar-refractivity contribution in [2.75, 3.05) is 5.32 Å². The molecule has 19 heavy (non-hydrogen) atoms. The van der Waals surface area contributed by atoms with Crippen LogP contribution in [0.15, 0.2) is 39.4 Å². The van der Waals surface area contributed by atoms with E-state index < -0.39 is 0 Å². The van der Waals surface area contributed by atoms with Gasteiger partial charge in [0.15, 0.2) is 4.67 Å². The van der Waals surface area contributed by atoms with E-state index in [1.165, 1.54) is 0 Å². The lowest BCUT2D eigenvalue weighted by Crippen LogP contribution is -2.00. The number of nitrogens with one attached hydrogen (secondary N) is 1. The van der Waals surface area contributed by atoms with Gasteiger partial charge < -0.3 is 9.73 Å². The number of nitro groups is 1.